The lowest BCUT2D eigenvalue weighted by molar-refractivity contribution is 0.308. The molecule has 0 saturated heterocycles. The summed E-state index contributed by atoms with van der Waals surface area (Å²) in [6, 6.07) is 7.89. The average molecular weight is 319 g/mol. The van der Waals surface area contributed by atoms with E-state index in [1.165, 1.54) is 12.8 Å². The average Bonchev–Trinajstić information content (AvgIpc) is 3.12. The van der Waals surface area contributed by atoms with Crippen LogP contribution >= 0.6 is 27.5 Å². The van der Waals surface area contributed by atoms with Crippen molar-refractivity contribution < 1.29 is 4.74 Å². The van der Waals surface area contributed by atoms with E-state index in [4.69, 9.17) is 16.3 Å². The maximum Gasteiger partial charge on any atom is 0.119 e. The van der Waals surface area contributed by atoms with Crippen LogP contribution < -0.4 is 10.1 Å². The van der Waals surface area contributed by atoms with Crippen molar-refractivity contribution in [3.63, 3.8) is 0 Å². The number of ether oxygens (including phenoxy) is 1. The van der Waals surface area contributed by atoms with E-state index in [1.807, 2.05) is 24.3 Å². The fourth-order valence-electron chi connectivity index (χ4n) is 1.66. The van der Waals surface area contributed by atoms with Gasteiger partial charge in [-0.05, 0) is 42.5 Å². The summed E-state index contributed by atoms with van der Waals surface area (Å²) in [6.45, 7) is 2.58. The third-order valence-corrected chi connectivity index (χ3v) is 4.20. The van der Waals surface area contributed by atoms with Crippen LogP contribution in [0.5, 0.6) is 5.75 Å². The Kier molecular flexibility index (Phi) is 4.71. The molecule has 0 atom stereocenters. The Morgan fingerprint density at radius 1 is 1.29 bits per heavy atom. The van der Waals surface area contributed by atoms with E-state index in [0.29, 0.717) is 12.0 Å². The van der Waals surface area contributed by atoms with Gasteiger partial charge in [0.1, 0.15) is 12.4 Å². The van der Waals surface area contributed by atoms with E-state index in [-0.39, 0.29) is 0 Å². The normalized spacial score (nSPS) is 16.8. The number of rotatable bonds is 7. The summed E-state index contributed by atoms with van der Waals surface area (Å²) in [5.41, 5.74) is 0.388. The lowest BCUT2D eigenvalue weighted by Gasteiger charge is -2.12. The molecule has 1 aliphatic carbocycles. The Balaban J connectivity index is 1.58. The summed E-state index contributed by atoms with van der Waals surface area (Å²) in [6.07, 6.45) is 2.52. The minimum absolute atomic E-state index is 0.388. The zero-order valence-corrected chi connectivity index (χ0v) is 12.1. The van der Waals surface area contributed by atoms with Gasteiger partial charge in [0.25, 0.3) is 0 Å². The molecule has 0 spiro atoms. The Morgan fingerprint density at radius 2 is 2.00 bits per heavy atom. The van der Waals surface area contributed by atoms with Gasteiger partial charge in [0.15, 0.2) is 0 Å². The molecule has 0 bridgehead atoms. The first-order chi connectivity index (χ1) is 8.24. The molecule has 1 aromatic carbocycles. The molecule has 4 heteroatoms. The molecule has 1 aliphatic rings. The molecule has 0 amide bonds. The highest BCUT2D eigenvalue weighted by atomic mass is 79.9. The van der Waals surface area contributed by atoms with Gasteiger partial charge in [-0.2, -0.15) is 0 Å². The predicted octanol–water partition coefficient (Wildman–Crippen LogP) is 3.44. The first-order valence-corrected chi connectivity index (χ1v) is 7.22. The van der Waals surface area contributed by atoms with Gasteiger partial charge in [0, 0.05) is 23.4 Å². The van der Waals surface area contributed by atoms with Gasteiger partial charge in [-0.3, -0.25) is 0 Å². The van der Waals surface area contributed by atoms with Gasteiger partial charge in [0.05, 0.1) is 0 Å². The topological polar surface area (TPSA) is 21.3 Å². The van der Waals surface area contributed by atoms with Crippen molar-refractivity contribution >= 4 is 27.5 Å². The van der Waals surface area contributed by atoms with Crippen LogP contribution in [0.1, 0.15) is 12.8 Å². The lowest BCUT2D eigenvalue weighted by atomic mass is 10.1. The van der Waals surface area contributed by atoms with E-state index >= 15 is 0 Å². The first-order valence-electron chi connectivity index (χ1n) is 5.89. The Bertz CT molecular complexity index is 351. The Labute approximate surface area is 116 Å². The van der Waals surface area contributed by atoms with Crippen molar-refractivity contribution in [3.8, 4) is 5.75 Å². The second kappa shape index (κ2) is 6.07. The van der Waals surface area contributed by atoms with E-state index in [2.05, 4.69) is 21.2 Å². The minimum atomic E-state index is 0.388. The molecule has 17 heavy (non-hydrogen) atoms. The molecule has 0 heterocycles. The molecule has 2 nitrogen and oxygen atoms in total. The third-order valence-electron chi connectivity index (χ3n) is 3.10. The predicted molar refractivity (Wildman–Crippen MR) is 74.9 cm³/mol. The molecule has 0 radical (unpaired) electrons. The number of hydrogen-bond donors (Lipinski definition) is 1. The largest absolute Gasteiger partial charge is 0.492 e. The summed E-state index contributed by atoms with van der Waals surface area (Å²) in [5, 5.41) is 3.40. The van der Waals surface area contributed by atoms with Crippen LogP contribution in [0.3, 0.4) is 0 Å². The maximum atomic E-state index is 5.90. The SMILES string of the molecule is ClCC1(CNCCOc2ccc(Br)cc2)CC1. The lowest BCUT2D eigenvalue weighted by Crippen LogP contribution is -2.28. The van der Waals surface area contributed by atoms with Crippen LogP contribution in [0.4, 0.5) is 0 Å². The molecule has 1 N–H and O–H groups in total. The molecule has 1 fully saturated rings. The number of nitrogens with one attached hydrogen (secondary N) is 1. The summed E-state index contributed by atoms with van der Waals surface area (Å²) in [4.78, 5) is 0. The van der Waals surface area contributed by atoms with Crippen LogP contribution in [-0.2, 0) is 0 Å². The summed E-state index contributed by atoms with van der Waals surface area (Å²) in [5.74, 6) is 1.68. The van der Waals surface area contributed by atoms with Crippen molar-refractivity contribution in [2.24, 2.45) is 5.41 Å². The van der Waals surface area contributed by atoms with E-state index < -0.39 is 0 Å². The third kappa shape index (κ3) is 4.16. The molecular formula is C13H17BrClNO. The number of halogens is 2. The molecular weight excluding hydrogens is 302 g/mol. The van der Waals surface area contributed by atoms with Crippen molar-refractivity contribution in [2.75, 3.05) is 25.6 Å². The standard InChI is InChI=1S/C13H17BrClNO/c14-11-1-3-12(4-2-11)17-8-7-16-10-13(9-15)5-6-13/h1-4,16H,5-10H2. The highest BCUT2D eigenvalue weighted by Gasteiger charge is 2.40. The van der Waals surface area contributed by atoms with Crippen LogP contribution in [0, 0.1) is 5.41 Å². The molecule has 2 rings (SSSR count). The van der Waals surface area contributed by atoms with Gasteiger partial charge in [-0.1, -0.05) is 15.9 Å². The first kappa shape index (κ1) is 13.2. The van der Waals surface area contributed by atoms with Crippen molar-refractivity contribution in [1.29, 1.82) is 0 Å². The molecule has 0 aliphatic heterocycles. The van der Waals surface area contributed by atoms with E-state index in [9.17, 15) is 0 Å². The van der Waals surface area contributed by atoms with Crippen molar-refractivity contribution in [3.05, 3.63) is 28.7 Å². The summed E-state index contributed by atoms with van der Waals surface area (Å²) >= 11 is 9.30. The van der Waals surface area contributed by atoms with Gasteiger partial charge in [0.2, 0.25) is 0 Å². The second-order valence-electron chi connectivity index (χ2n) is 4.61. The van der Waals surface area contributed by atoms with Crippen LogP contribution in [0.2, 0.25) is 0 Å². The molecule has 94 valence electrons. The quantitative estimate of drug-likeness (QED) is 0.614. The van der Waals surface area contributed by atoms with E-state index in [1.54, 1.807) is 0 Å². The van der Waals surface area contributed by atoms with Crippen LogP contribution in [-0.4, -0.2) is 25.6 Å². The smallest absolute Gasteiger partial charge is 0.119 e. The highest BCUT2D eigenvalue weighted by molar-refractivity contribution is 9.10. The van der Waals surface area contributed by atoms with Crippen molar-refractivity contribution in [1.82, 2.24) is 5.32 Å². The number of alkyl halides is 1. The maximum absolute atomic E-state index is 5.90. The Morgan fingerprint density at radius 3 is 2.59 bits per heavy atom. The van der Waals surface area contributed by atoms with Gasteiger partial charge in [-0.15, -0.1) is 11.6 Å². The summed E-state index contributed by atoms with van der Waals surface area (Å²) < 4.78 is 6.68. The Hall–Kier alpha value is -0.250. The van der Waals surface area contributed by atoms with Gasteiger partial charge < -0.3 is 10.1 Å². The molecule has 0 unspecified atom stereocenters. The fourth-order valence-corrected chi connectivity index (χ4v) is 2.29. The molecule has 1 aromatic rings. The zero-order valence-electron chi connectivity index (χ0n) is 9.72. The zero-order chi connectivity index (χ0) is 12.1. The number of hydrogen-bond acceptors (Lipinski definition) is 2. The van der Waals surface area contributed by atoms with Crippen LogP contribution in [0.15, 0.2) is 28.7 Å². The number of benzene rings is 1. The van der Waals surface area contributed by atoms with Crippen LogP contribution in [0.25, 0.3) is 0 Å². The molecule has 0 aromatic heterocycles. The highest BCUT2D eigenvalue weighted by Crippen LogP contribution is 2.45. The van der Waals surface area contributed by atoms with Gasteiger partial charge in [-0.25, -0.2) is 0 Å². The molecule has 1 saturated carbocycles. The second-order valence-corrected chi connectivity index (χ2v) is 5.80. The summed E-state index contributed by atoms with van der Waals surface area (Å²) in [7, 11) is 0. The van der Waals surface area contributed by atoms with Crippen molar-refractivity contribution in [2.45, 2.75) is 12.8 Å². The van der Waals surface area contributed by atoms with E-state index in [0.717, 1.165) is 29.2 Å². The van der Waals surface area contributed by atoms with Gasteiger partial charge >= 0.3 is 0 Å². The fraction of sp³-hybridized carbons (Fsp3) is 0.538. The minimum Gasteiger partial charge on any atom is -0.492 e. The monoisotopic (exact) mass is 317 g/mol.